The molecule has 0 fully saturated rings. The predicted molar refractivity (Wildman–Crippen MR) is 103 cm³/mol. The van der Waals surface area contributed by atoms with E-state index in [2.05, 4.69) is 43.1 Å². The highest BCUT2D eigenvalue weighted by molar-refractivity contribution is 6.04. The molecule has 0 unspecified atom stereocenters. The third-order valence-electron chi connectivity index (χ3n) is 4.05. The van der Waals surface area contributed by atoms with Gasteiger partial charge in [-0.1, -0.05) is 6.07 Å². The molecular formula is C20H27N3O. The van der Waals surface area contributed by atoms with Crippen molar-refractivity contribution in [2.45, 2.75) is 26.8 Å². The molecule has 2 aromatic carbocycles. The third-order valence-corrected chi connectivity index (χ3v) is 4.05. The van der Waals surface area contributed by atoms with Gasteiger partial charge in [0.25, 0.3) is 5.91 Å². The van der Waals surface area contributed by atoms with Crippen LogP contribution in [0.15, 0.2) is 48.5 Å². The Hall–Kier alpha value is -2.49. The number of carbonyl (C=O) groups is 1. The Balaban J connectivity index is 2.11. The highest BCUT2D eigenvalue weighted by Crippen LogP contribution is 2.21. The minimum Gasteiger partial charge on any atom is -0.378 e. The number of carbonyl (C=O) groups excluding carboxylic acids is 1. The number of nitrogens with zero attached hydrogens (tertiary/aromatic N) is 2. The van der Waals surface area contributed by atoms with E-state index in [0.717, 1.165) is 17.9 Å². The van der Waals surface area contributed by atoms with E-state index in [4.69, 9.17) is 0 Å². The zero-order valence-corrected chi connectivity index (χ0v) is 15.2. The second kappa shape index (κ2) is 7.86. The molecule has 0 aromatic heterocycles. The fourth-order valence-corrected chi connectivity index (χ4v) is 2.71. The van der Waals surface area contributed by atoms with Crippen molar-refractivity contribution in [3.63, 3.8) is 0 Å². The van der Waals surface area contributed by atoms with Crippen LogP contribution >= 0.6 is 0 Å². The minimum atomic E-state index is -0.0948. The summed E-state index contributed by atoms with van der Waals surface area (Å²) in [5.41, 5.74) is 3.63. The summed E-state index contributed by atoms with van der Waals surface area (Å²) in [6.45, 7) is 7.46. The van der Waals surface area contributed by atoms with Gasteiger partial charge in [-0.25, -0.2) is 0 Å². The first-order valence-electron chi connectivity index (χ1n) is 8.37. The van der Waals surface area contributed by atoms with Crippen molar-refractivity contribution in [3.8, 4) is 0 Å². The molecule has 0 heterocycles. The SMILES string of the molecule is CCN(c1ccc(NC(=O)c2cccc(N(C)C)c2)cc1)C(C)C. The molecule has 4 heteroatoms. The lowest BCUT2D eigenvalue weighted by molar-refractivity contribution is 0.102. The van der Waals surface area contributed by atoms with Gasteiger partial charge in [-0.05, 0) is 63.2 Å². The van der Waals surface area contributed by atoms with Crippen molar-refractivity contribution < 1.29 is 4.79 Å². The van der Waals surface area contributed by atoms with E-state index in [0.29, 0.717) is 11.6 Å². The molecule has 0 atom stereocenters. The van der Waals surface area contributed by atoms with Gasteiger partial charge in [0.05, 0.1) is 0 Å². The first kappa shape index (κ1) is 17.9. The average Bonchev–Trinajstić information content (AvgIpc) is 2.56. The van der Waals surface area contributed by atoms with Crippen LogP contribution in [-0.4, -0.2) is 32.6 Å². The normalized spacial score (nSPS) is 10.6. The van der Waals surface area contributed by atoms with Gasteiger partial charge in [0.1, 0.15) is 0 Å². The highest BCUT2D eigenvalue weighted by atomic mass is 16.1. The average molecular weight is 325 g/mol. The second-order valence-corrected chi connectivity index (χ2v) is 6.33. The topological polar surface area (TPSA) is 35.6 Å². The minimum absolute atomic E-state index is 0.0948. The smallest absolute Gasteiger partial charge is 0.255 e. The molecule has 4 nitrogen and oxygen atoms in total. The first-order chi connectivity index (χ1) is 11.4. The van der Waals surface area contributed by atoms with Crippen LogP contribution in [0.4, 0.5) is 17.1 Å². The van der Waals surface area contributed by atoms with Crippen molar-refractivity contribution in [1.29, 1.82) is 0 Å². The summed E-state index contributed by atoms with van der Waals surface area (Å²) in [6.07, 6.45) is 0. The van der Waals surface area contributed by atoms with E-state index in [9.17, 15) is 4.79 Å². The largest absolute Gasteiger partial charge is 0.378 e. The molecule has 0 bridgehead atoms. The lowest BCUT2D eigenvalue weighted by Crippen LogP contribution is -2.30. The Bertz CT molecular complexity index is 678. The van der Waals surface area contributed by atoms with Crippen LogP contribution in [0.25, 0.3) is 0 Å². The maximum atomic E-state index is 12.4. The summed E-state index contributed by atoms with van der Waals surface area (Å²) in [7, 11) is 3.92. The summed E-state index contributed by atoms with van der Waals surface area (Å²) in [5, 5.41) is 2.96. The molecule has 0 spiro atoms. The van der Waals surface area contributed by atoms with Crippen molar-refractivity contribution in [1.82, 2.24) is 0 Å². The van der Waals surface area contributed by atoms with Crippen molar-refractivity contribution >= 4 is 23.0 Å². The Morgan fingerprint density at radius 2 is 1.71 bits per heavy atom. The van der Waals surface area contributed by atoms with Crippen LogP contribution in [0, 0.1) is 0 Å². The lowest BCUT2D eigenvalue weighted by atomic mass is 10.1. The molecule has 0 aliphatic heterocycles. The molecule has 128 valence electrons. The lowest BCUT2D eigenvalue weighted by Gasteiger charge is -2.27. The van der Waals surface area contributed by atoms with Gasteiger partial charge in [-0.3, -0.25) is 4.79 Å². The maximum Gasteiger partial charge on any atom is 0.255 e. The van der Waals surface area contributed by atoms with E-state index >= 15 is 0 Å². The van der Waals surface area contributed by atoms with Gasteiger partial charge < -0.3 is 15.1 Å². The Labute approximate surface area is 145 Å². The fourth-order valence-electron chi connectivity index (χ4n) is 2.71. The number of hydrogen-bond donors (Lipinski definition) is 1. The van der Waals surface area contributed by atoms with Crippen LogP contribution in [0.5, 0.6) is 0 Å². The van der Waals surface area contributed by atoms with E-state index in [1.807, 2.05) is 55.4 Å². The molecule has 0 aliphatic carbocycles. The quantitative estimate of drug-likeness (QED) is 0.863. The van der Waals surface area contributed by atoms with E-state index < -0.39 is 0 Å². The molecule has 2 aromatic rings. The molecule has 0 aliphatic rings. The molecule has 1 N–H and O–H groups in total. The predicted octanol–water partition coefficient (Wildman–Crippen LogP) is 4.24. The molecule has 0 radical (unpaired) electrons. The number of nitrogens with one attached hydrogen (secondary N) is 1. The summed E-state index contributed by atoms with van der Waals surface area (Å²) >= 11 is 0. The van der Waals surface area contributed by atoms with Crippen LogP contribution < -0.4 is 15.1 Å². The highest BCUT2D eigenvalue weighted by Gasteiger charge is 2.10. The van der Waals surface area contributed by atoms with Crippen molar-refractivity contribution in [3.05, 3.63) is 54.1 Å². The summed E-state index contributed by atoms with van der Waals surface area (Å²) in [6, 6.07) is 16.1. The zero-order chi connectivity index (χ0) is 17.7. The number of benzene rings is 2. The van der Waals surface area contributed by atoms with Crippen LogP contribution in [0.1, 0.15) is 31.1 Å². The van der Waals surface area contributed by atoms with Crippen LogP contribution in [-0.2, 0) is 0 Å². The number of rotatable bonds is 6. The second-order valence-electron chi connectivity index (χ2n) is 6.33. The molecule has 1 amide bonds. The number of anilines is 3. The van der Waals surface area contributed by atoms with Crippen molar-refractivity contribution in [2.75, 3.05) is 35.8 Å². The van der Waals surface area contributed by atoms with Gasteiger partial charge in [-0.15, -0.1) is 0 Å². The zero-order valence-electron chi connectivity index (χ0n) is 15.2. The summed E-state index contributed by atoms with van der Waals surface area (Å²) < 4.78 is 0. The first-order valence-corrected chi connectivity index (χ1v) is 8.37. The van der Waals surface area contributed by atoms with Gasteiger partial charge >= 0.3 is 0 Å². The van der Waals surface area contributed by atoms with Gasteiger partial charge in [0.2, 0.25) is 0 Å². The van der Waals surface area contributed by atoms with E-state index in [1.54, 1.807) is 0 Å². The number of hydrogen-bond acceptors (Lipinski definition) is 3. The molecule has 0 saturated carbocycles. The monoisotopic (exact) mass is 325 g/mol. The van der Waals surface area contributed by atoms with Crippen LogP contribution in [0.3, 0.4) is 0 Å². The summed E-state index contributed by atoms with van der Waals surface area (Å²) in [4.78, 5) is 16.7. The standard InChI is InChI=1S/C20H27N3O/c1-6-23(15(2)3)18-12-10-17(11-13-18)21-20(24)16-8-7-9-19(14-16)22(4)5/h7-15H,6H2,1-5H3,(H,21,24). The van der Waals surface area contributed by atoms with Gasteiger partial charge in [-0.2, -0.15) is 0 Å². The Kier molecular flexibility index (Phi) is 5.85. The molecule has 24 heavy (non-hydrogen) atoms. The van der Waals surface area contributed by atoms with Crippen molar-refractivity contribution in [2.24, 2.45) is 0 Å². The van der Waals surface area contributed by atoms with E-state index in [1.165, 1.54) is 5.69 Å². The van der Waals surface area contributed by atoms with Gasteiger partial charge in [0.15, 0.2) is 0 Å². The fraction of sp³-hybridized carbons (Fsp3) is 0.350. The van der Waals surface area contributed by atoms with E-state index in [-0.39, 0.29) is 5.91 Å². The summed E-state index contributed by atoms with van der Waals surface area (Å²) in [5.74, 6) is -0.0948. The number of amides is 1. The molecule has 2 rings (SSSR count). The van der Waals surface area contributed by atoms with Gasteiger partial charge in [0, 0.05) is 49.3 Å². The molecule has 0 saturated heterocycles. The Morgan fingerprint density at radius 3 is 2.25 bits per heavy atom. The van der Waals surface area contributed by atoms with Crippen LogP contribution in [0.2, 0.25) is 0 Å². The third kappa shape index (κ3) is 4.28. The maximum absolute atomic E-state index is 12.4. The molecular weight excluding hydrogens is 298 g/mol. The Morgan fingerprint density at radius 1 is 1.04 bits per heavy atom.